The van der Waals surface area contributed by atoms with Gasteiger partial charge in [-0.15, -0.1) is 0 Å². The number of nitrogens with zero attached hydrogens (tertiary/aromatic N) is 1. The standard InChI is InChI=1S/C34H27NOSi/c36-32-19-11-12-25-22-23-26(24-29(25)32)35-30-17-7-9-20-33(30)37(27-13-3-1-4-14-27,28-15-5-2-6-16-28)34-21-10-8-18-31(34)35/h1-10,13-18,20-24H,11-12,19H2. The Hall–Kier alpha value is -4.21. The minimum absolute atomic E-state index is 0.263. The molecule has 0 unspecified atom stereocenters. The van der Waals surface area contributed by atoms with E-state index in [9.17, 15) is 4.79 Å². The molecule has 1 aliphatic heterocycles. The van der Waals surface area contributed by atoms with E-state index in [1.54, 1.807) is 0 Å². The largest absolute Gasteiger partial charge is 0.311 e. The third-order valence-electron chi connectivity index (χ3n) is 8.01. The molecule has 0 saturated carbocycles. The molecule has 0 amide bonds. The molecule has 2 aliphatic rings. The molecule has 3 heteroatoms. The van der Waals surface area contributed by atoms with Gasteiger partial charge in [0.1, 0.15) is 0 Å². The van der Waals surface area contributed by atoms with Gasteiger partial charge in [0.2, 0.25) is 0 Å². The van der Waals surface area contributed by atoms with E-state index >= 15 is 0 Å². The number of benzene rings is 5. The molecule has 0 spiro atoms. The Morgan fingerprint density at radius 2 is 1.11 bits per heavy atom. The lowest BCUT2D eigenvalue weighted by atomic mass is 9.90. The van der Waals surface area contributed by atoms with E-state index in [2.05, 4.69) is 132 Å². The lowest BCUT2D eigenvalue weighted by Crippen LogP contribution is -2.77. The molecule has 0 N–H and O–H groups in total. The van der Waals surface area contributed by atoms with E-state index in [-0.39, 0.29) is 5.78 Å². The number of rotatable bonds is 3. The molecule has 2 nitrogen and oxygen atoms in total. The van der Waals surface area contributed by atoms with Crippen LogP contribution in [0.2, 0.25) is 0 Å². The first-order valence-electron chi connectivity index (χ1n) is 13.0. The van der Waals surface area contributed by atoms with Gasteiger partial charge in [-0.25, -0.2) is 0 Å². The number of Topliss-reactive ketones (excluding diaryl/α,β-unsaturated/α-hetero) is 1. The summed E-state index contributed by atoms with van der Waals surface area (Å²) < 4.78 is 0. The molecule has 7 rings (SSSR count). The van der Waals surface area contributed by atoms with Gasteiger partial charge in [-0.1, -0.05) is 103 Å². The van der Waals surface area contributed by atoms with Gasteiger partial charge in [0.15, 0.2) is 13.9 Å². The van der Waals surface area contributed by atoms with Gasteiger partial charge in [-0.05, 0) is 63.4 Å². The highest BCUT2D eigenvalue weighted by Gasteiger charge is 2.48. The summed E-state index contributed by atoms with van der Waals surface area (Å²) in [6.07, 6.45) is 2.57. The van der Waals surface area contributed by atoms with Crippen LogP contribution in [0.25, 0.3) is 0 Å². The van der Waals surface area contributed by atoms with Crippen molar-refractivity contribution in [1.29, 1.82) is 0 Å². The second kappa shape index (κ2) is 8.72. The molecule has 0 fully saturated rings. The van der Waals surface area contributed by atoms with Gasteiger partial charge in [0.05, 0.1) is 0 Å². The van der Waals surface area contributed by atoms with Crippen LogP contribution in [0.5, 0.6) is 0 Å². The maximum absolute atomic E-state index is 12.9. The SMILES string of the molecule is O=C1CCCc2ccc(N3c4ccccc4[Si](c4ccccc4)(c4ccccc4)c4ccccc43)cc21. The van der Waals surface area contributed by atoms with Crippen molar-refractivity contribution >= 4 is 51.7 Å². The molecule has 0 radical (unpaired) electrons. The van der Waals surface area contributed by atoms with Crippen molar-refractivity contribution in [3.05, 3.63) is 139 Å². The lowest BCUT2D eigenvalue weighted by molar-refractivity contribution is 0.0972. The molecule has 0 bridgehead atoms. The summed E-state index contributed by atoms with van der Waals surface area (Å²) in [7, 11) is -2.60. The molecule has 0 atom stereocenters. The Bertz CT molecular complexity index is 1540. The fourth-order valence-corrected chi connectivity index (χ4v) is 11.5. The third kappa shape index (κ3) is 3.28. The van der Waals surface area contributed by atoms with Gasteiger partial charge in [-0.2, -0.15) is 0 Å². The smallest absolute Gasteiger partial charge is 0.184 e. The van der Waals surface area contributed by atoms with Crippen LogP contribution in [0.15, 0.2) is 127 Å². The first-order valence-corrected chi connectivity index (χ1v) is 15.0. The Morgan fingerprint density at radius 3 is 1.70 bits per heavy atom. The van der Waals surface area contributed by atoms with E-state index in [0.717, 1.165) is 24.1 Å². The number of carbonyl (C=O) groups is 1. The summed E-state index contributed by atoms with van der Waals surface area (Å²) in [5.74, 6) is 0.263. The summed E-state index contributed by atoms with van der Waals surface area (Å²) in [4.78, 5) is 15.3. The van der Waals surface area contributed by atoms with Crippen molar-refractivity contribution in [1.82, 2.24) is 0 Å². The van der Waals surface area contributed by atoms with Gasteiger partial charge >= 0.3 is 0 Å². The second-order valence-corrected chi connectivity index (χ2v) is 13.7. The first kappa shape index (κ1) is 22.0. The van der Waals surface area contributed by atoms with Crippen LogP contribution < -0.4 is 25.6 Å². The van der Waals surface area contributed by atoms with Gasteiger partial charge in [-0.3, -0.25) is 4.79 Å². The van der Waals surface area contributed by atoms with Crippen LogP contribution in [-0.4, -0.2) is 13.9 Å². The van der Waals surface area contributed by atoms with Crippen LogP contribution in [-0.2, 0) is 6.42 Å². The average Bonchev–Trinajstić information content (AvgIpc) is 2.97. The minimum atomic E-state index is -2.60. The number of carbonyl (C=O) groups excluding carboxylic acids is 1. The van der Waals surface area contributed by atoms with Gasteiger partial charge in [0, 0.05) is 29.0 Å². The van der Waals surface area contributed by atoms with E-state index in [4.69, 9.17) is 0 Å². The van der Waals surface area contributed by atoms with Crippen LogP contribution in [0.3, 0.4) is 0 Å². The van der Waals surface area contributed by atoms with E-state index < -0.39 is 8.07 Å². The Morgan fingerprint density at radius 1 is 0.568 bits per heavy atom. The number of aryl methyl sites for hydroxylation is 1. The first-order chi connectivity index (χ1) is 18.3. The molecule has 1 heterocycles. The summed E-state index contributed by atoms with van der Waals surface area (Å²) in [6.45, 7) is 0. The Labute approximate surface area is 218 Å². The van der Waals surface area contributed by atoms with Crippen LogP contribution in [0.4, 0.5) is 17.1 Å². The van der Waals surface area contributed by atoms with E-state index in [1.165, 1.54) is 37.7 Å². The summed E-state index contributed by atoms with van der Waals surface area (Å²) in [5, 5.41) is 5.49. The lowest BCUT2D eigenvalue weighted by Gasteiger charge is -2.45. The van der Waals surface area contributed by atoms with Crippen molar-refractivity contribution in [3.63, 3.8) is 0 Å². The second-order valence-electron chi connectivity index (χ2n) is 9.97. The van der Waals surface area contributed by atoms with Crippen LogP contribution in [0, 0.1) is 0 Å². The maximum atomic E-state index is 12.9. The highest BCUT2D eigenvalue weighted by Crippen LogP contribution is 2.39. The van der Waals surface area contributed by atoms with Crippen molar-refractivity contribution in [2.24, 2.45) is 0 Å². The zero-order valence-electron chi connectivity index (χ0n) is 20.6. The highest BCUT2D eigenvalue weighted by atomic mass is 28.3. The fourth-order valence-electron chi connectivity index (χ4n) is 6.44. The zero-order valence-corrected chi connectivity index (χ0v) is 21.6. The van der Waals surface area contributed by atoms with Crippen molar-refractivity contribution in [3.8, 4) is 0 Å². The molecule has 0 saturated heterocycles. The molecule has 37 heavy (non-hydrogen) atoms. The molecule has 0 aromatic heterocycles. The number of fused-ring (bicyclic) bond motifs is 3. The molecular weight excluding hydrogens is 466 g/mol. The van der Waals surface area contributed by atoms with Crippen molar-refractivity contribution in [2.75, 3.05) is 4.90 Å². The molecular formula is C34H27NOSi. The summed E-state index contributed by atoms with van der Waals surface area (Å²) >= 11 is 0. The number of ketones is 1. The molecule has 178 valence electrons. The van der Waals surface area contributed by atoms with Gasteiger partial charge in [0.25, 0.3) is 0 Å². The zero-order chi connectivity index (χ0) is 24.8. The third-order valence-corrected chi connectivity index (χ3v) is 12.9. The van der Waals surface area contributed by atoms with E-state index in [1.807, 2.05) is 0 Å². The monoisotopic (exact) mass is 493 g/mol. The van der Waals surface area contributed by atoms with Crippen molar-refractivity contribution < 1.29 is 4.79 Å². The summed E-state index contributed by atoms with van der Waals surface area (Å²) in [5.41, 5.74) is 5.51. The number of hydrogen-bond acceptors (Lipinski definition) is 2. The number of anilines is 3. The molecule has 1 aliphatic carbocycles. The van der Waals surface area contributed by atoms with Crippen LogP contribution in [0.1, 0.15) is 28.8 Å². The normalized spacial score (nSPS) is 15.5. The van der Waals surface area contributed by atoms with E-state index in [0.29, 0.717) is 6.42 Å². The van der Waals surface area contributed by atoms with Gasteiger partial charge < -0.3 is 4.90 Å². The maximum Gasteiger partial charge on any atom is 0.184 e. The Balaban J connectivity index is 1.57. The molecule has 5 aromatic carbocycles. The quantitative estimate of drug-likeness (QED) is 0.309. The minimum Gasteiger partial charge on any atom is -0.311 e. The predicted octanol–water partition coefficient (Wildman–Crippen LogP) is 5.37. The summed E-state index contributed by atoms with van der Waals surface area (Å²) in [6, 6.07) is 46.4. The topological polar surface area (TPSA) is 20.3 Å². The van der Waals surface area contributed by atoms with Crippen molar-refractivity contribution in [2.45, 2.75) is 19.3 Å². The number of para-hydroxylation sites is 2. The average molecular weight is 494 g/mol. The van der Waals surface area contributed by atoms with Crippen LogP contribution >= 0.6 is 0 Å². The molecule has 5 aromatic rings. The number of hydrogen-bond donors (Lipinski definition) is 0. The highest BCUT2D eigenvalue weighted by molar-refractivity contribution is 7.21. The predicted molar refractivity (Wildman–Crippen MR) is 156 cm³/mol. The fraction of sp³-hybridized carbons (Fsp3) is 0.0882. The Kier molecular flexibility index (Phi) is 5.19.